The zero-order valence-electron chi connectivity index (χ0n) is 10.2. The minimum atomic E-state index is -1.13. The summed E-state index contributed by atoms with van der Waals surface area (Å²) in [5.74, 6) is 1.32. The number of rotatable bonds is 3. The SMILES string of the molecule is COC(=O)C12C3C4C1C1C2C3C41C(C)(N)C(=O)O. The lowest BCUT2D eigenvalue weighted by molar-refractivity contribution is -0.651. The molecule has 0 bridgehead atoms. The van der Waals surface area contributed by atoms with Crippen molar-refractivity contribution < 1.29 is 19.4 Å². The van der Waals surface area contributed by atoms with Crippen LogP contribution in [0.15, 0.2) is 0 Å². The first-order valence-electron chi connectivity index (χ1n) is 6.51. The largest absolute Gasteiger partial charge is 0.480 e. The summed E-state index contributed by atoms with van der Waals surface area (Å²) in [5.41, 5.74) is 4.58. The highest BCUT2D eigenvalue weighted by atomic mass is 16.5. The van der Waals surface area contributed by atoms with Gasteiger partial charge >= 0.3 is 11.9 Å². The lowest BCUT2D eigenvalue weighted by Crippen LogP contribution is -3.14. The summed E-state index contributed by atoms with van der Waals surface area (Å²) in [4.78, 5) is 23.3. The van der Waals surface area contributed by atoms with E-state index in [1.54, 1.807) is 6.92 Å². The highest BCUT2D eigenvalue weighted by Crippen LogP contribution is 3.11. The maximum absolute atomic E-state index is 11.9. The lowest BCUT2D eigenvalue weighted by Gasteiger charge is -3.11. The van der Waals surface area contributed by atoms with Crippen LogP contribution in [0.1, 0.15) is 6.92 Å². The van der Waals surface area contributed by atoms with Crippen LogP contribution >= 0.6 is 0 Å². The van der Waals surface area contributed by atoms with Gasteiger partial charge in [-0.2, -0.15) is 0 Å². The van der Waals surface area contributed by atoms with Crippen molar-refractivity contribution in [3.63, 3.8) is 0 Å². The minimum Gasteiger partial charge on any atom is -0.480 e. The number of ether oxygens (including phenoxy) is 1. The second-order valence-corrected chi connectivity index (χ2v) is 7.02. The van der Waals surface area contributed by atoms with E-state index in [0.29, 0.717) is 35.5 Å². The van der Waals surface area contributed by atoms with Crippen LogP contribution in [0.4, 0.5) is 0 Å². The van der Waals surface area contributed by atoms with E-state index in [4.69, 9.17) is 10.5 Å². The van der Waals surface area contributed by atoms with Gasteiger partial charge in [-0.1, -0.05) is 0 Å². The van der Waals surface area contributed by atoms with Crippen LogP contribution in [-0.4, -0.2) is 29.7 Å². The van der Waals surface area contributed by atoms with Gasteiger partial charge in [-0.05, 0) is 42.4 Å². The Labute approximate surface area is 104 Å². The first-order valence-corrected chi connectivity index (χ1v) is 6.51. The fourth-order valence-electron chi connectivity index (χ4n) is 7.34. The van der Waals surface area contributed by atoms with Crippen molar-refractivity contribution in [1.29, 1.82) is 0 Å². The van der Waals surface area contributed by atoms with Gasteiger partial charge in [0.1, 0.15) is 5.54 Å². The molecule has 5 heteroatoms. The summed E-state index contributed by atoms with van der Waals surface area (Å²) in [6.45, 7) is 1.65. The molecule has 0 spiro atoms. The van der Waals surface area contributed by atoms with Crippen molar-refractivity contribution in [2.45, 2.75) is 12.5 Å². The summed E-state index contributed by atoms with van der Waals surface area (Å²) in [7, 11) is 1.45. The molecular weight excluding hydrogens is 234 g/mol. The molecule has 5 nitrogen and oxygen atoms in total. The van der Waals surface area contributed by atoms with Crippen molar-refractivity contribution >= 4 is 11.9 Å². The molecule has 6 aliphatic carbocycles. The molecule has 6 rings (SSSR count). The molecule has 1 unspecified atom stereocenters. The molecule has 0 heterocycles. The molecule has 6 fully saturated rings. The van der Waals surface area contributed by atoms with Crippen molar-refractivity contribution in [3.05, 3.63) is 0 Å². The minimum absolute atomic E-state index is 0.0615. The molecule has 0 radical (unpaired) electrons. The van der Waals surface area contributed by atoms with Crippen molar-refractivity contribution in [2.24, 2.45) is 52.1 Å². The summed E-state index contributed by atoms with van der Waals surface area (Å²) >= 11 is 0. The van der Waals surface area contributed by atoms with Crippen LogP contribution < -0.4 is 5.73 Å². The number of carboxylic acid groups (broad SMARTS) is 1. The Balaban J connectivity index is 1.54. The Morgan fingerprint density at radius 2 is 1.61 bits per heavy atom. The topological polar surface area (TPSA) is 89.6 Å². The third kappa shape index (κ3) is 0.429. The number of carbonyl (C=O) groups excluding carboxylic acids is 1. The summed E-state index contributed by atoms with van der Waals surface area (Å²) in [5, 5.41) is 9.34. The third-order valence-electron chi connectivity index (χ3n) is 7.51. The van der Waals surface area contributed by atoms with E-state index in [0.717, 1.165) is 0 Å². The molecule has 0 aromatic rings. The molecular formula is C13H15NO4. The number of hydrogen-bond acceptors (Lipinski definition) is 4. The number of carboxylic acids is 1. The smallest absolute Gasteiger partial charge is 0.323 e. The van der Waals surface area contributed by atoms with E-state index in [1.807, 2.05) is 0 Å². The first-order chi connectivity index (χ1) is 8.41. The van der Waals surface area contributed by atoms with Gasteiger partial charge in [-0.25, -0.2) is 0 Å². The molecule has 0 saturated heterocycles. The third-order valence-corrected chi connectivity index (χ3v) is 7.51. The lowest BCUT2D eigenvalue weighted by atomic mass is 8.91. The normalized spacial score (nSPS) is 65.9. The molecule has 18 heavy (non-hydrogen) atoms. The second kappa shape index (κ2) is 2.01. The zero-order chi connectivity index (χ0) is 12.8. The number of hydrogen-bond donors (Lipinski definition) is 2. The quantitative estimate of drug-likeness (QED) is 0.670. The number of carbonyl (C=O) groups is 2. The maximum atomic E-state index is 11.9. The fraction of sp³-hybridized carbons (Fsp3) is 0.846. The Morgan fingerprint density at radius 3 is 1.94 bits per heavy atom. The van der Waals surface area contributed by atoms with Gasteiger partial charge in [0.2, 0.25) is 0 Å². The van der Waals surface area contributed by atoms with Crippen molar-refractivity contribution in [3.8, 4) is 0 Å². The molecule has 0 amide bonds. The van der Waals surface area contributed by atoms with Gasteiger partial charge in [0.05, 0.1) is 12.5 Å². The van der Waals surface area contributed by atoms with Crippen LogP contribution in [-0.2, 0) is 14.3 Å². The van der Waals surface area contributed by atoms with Gasteiger partial charge in [-0.3, -0.25) is 9.59 Å². The van der Waals surface area contributed by atoms with E-state index in [2.05, 4.69) is 0 Å². The molecule has 6 aliphatic rings. The Hall–Kier alpha value is -1.10. The van der Waals surface area contributed by atoms with Crippen LogP contribution in [0.3, 0.4) is 0 Å². The average molecular weight is 249 g/mol. The molecule has 1 atom stereocenters. The predicted octanol–water partition coefficient (Wildman–Crippen LogP) is -0.301. The highest BCUT2D eigenvalue weighted by molar-refractivity contribution is 5.91. The van der Waals surface area contributed by atoms with Gasteiger partial charge in [0.15, 0.2) is 0 Å². The zero-order valence-corrected chi connectivity index (χ0v) is 10.2. The Bertz CT molecular complexity index is 498. The average Bonchev–Trinajstić information content (AvgIpc) is 2.36. The number of methoxy groups -OCH3 is 1. The van der Waals surface area contributed by atoms with E-state index >= 15 is 0 Å². The summed E-state index contributed by atoms with van der Waals surface area (Å²) < 4.78 is 4.94. The van der Waals surface area contributed by atoms with Crippen molar-refractivity contribution in [2.75, 3.05) is 7.11 Å². The first kappa shape index (κ1) is 9.78. The number of nitrogens with two attached hydrogens (primary N) is 1. The van der Waals surface area contributed by atoms with Gasteiger partial charge in [0, 0.05) is 5.41 Å². The molecule has 0 aromatic carbocycles. The molecule has 3 N–H and O–H groups in total. The maximum Gasteiger partial charge on any atom is 0.323 e. The van der Waals surface area contributed by atoms with Gasteiger partial charge < -0.3 is 15.6 Å². The second-order valence-electron chi connectivity index (χ2n) is 7.02. The molecule has 0 aliphatic heterocycles. The Kier molecular flexibility index (Phi) is 1.09. The Morgan fingerprint density at radius 1 is 1.17 bits per heavy atom. The molecule has 0 aromatic heterocycles. The van der Waals surface area contributed by atoms with E-state index < -0.39 is 11.5 Å². The standard InChI is InChI=1S/C13H15NO4/c1-11(14,9(15)16)13-6-3-7(13)5-8(13)4(6)12(3,5)10(17)18-2/h3-8H,14H2,1-2H3,(H,15,16). The van der Waals surface area contributed by atoms with Crippen LogP contribution in [0.5, 0.6) is 0 Å². The monoisotopic (exact) mass is 249 g/mol. The summed E-state index contributed by atoms with van der Waals surface area (Å²) in [6, 6.07) is 0. The summed E-state index contributed by atoms with van der Waals surface area (Å²) in [6.07, 6.45) is 0. The van der Waals surface area contributed by atoms with Crippen LogP contribution in [0.25, 0.3) is 0 Å². The number of aliphatic carboxylic acids is 1. The predicted molar refractivity (Wildman–Crippen MR) is 58.1 cm³/mol. The fourth-order valence-corrected chi connectivity index (χ4v) is 7.34. The number of esters is 1. The molecule has 6 saturated carbocycles. The van der Waals surface area contributed by atoms with Gasteiger partial charge in [0.25, 0.3) is 0 Å². The van der Waals surface area contributed by atoms with E-state index in [-0.39, 0.29) is 16.8 Å². The highest BCUT2D eigenvalue weighted by Gasteiger charge is 3.13. The van der Waals surface area contributed by atoms with E-state index in [9.17, 15) is 14.7 Å². The van der Waals surface area contributed by atoms with E-state index in [1.165, 1.54) is 7.11 Å². The van der Waals surface area contributed by atoms with Gasteiger partial charge in [-0.15, -0.1) is 0 Å². The van der Waals surface area contributed by atoms with Crippen molar-refractivity contribution in [1.82, 2.24) is 0 Å². The van der Waals surface area contributed by atoms with Crippen LogP contribution in [0, 0.1) is 46.3 Å². The van der Waals surface area contributed by atoms with Crippen LogP contribution in [0.2, 0.25) is 0 Å². The molecule has 96 valence electrons.